The number of fused-ring (bicyclic) bond motifs is 4. The van der Waals surface area contributed by atoms with Gasteiger partial charge in [0.1, 0.15) is 0 Å². The maximum atomic E-state index is 12.3. The van der Waals surface area contributed by atoms with E-state index in [-0.39, 0.29) is 18.2 Å². The van der Waals surface area contributed by atoms with Crippen molar-refractivity contribution in [3.63, 3.8) is 0 Å². The number of aryl methyl sites for hydroxylation is 1. The van der Waals surface area contributed by atoms with Gasteiger partial charge in [0.05, 0.1) is 12.6 Å². The second-order valence-corrected chi connectivity index (χ2v) is 7.45. The van der Waals surface area contributed by atoms with Gasteiger partial charge in [0.15, 0.2) is 0 Å². The summed E-state index contributed by atoms with van der Waals surface area (Å²) in [6.07, 6.45) is 3.34. The Hall–Kier alpha value is -1.91. The van der Waals surface area contributed by atoms with Crippen molar-refractivity contribution in [1.29, 1.82) is 0 Å². The summed E-state index contributed by atoms with van der Waals surface area (Å²) in [5.74, 6) is 0.778. The predicted molar refractivity (Wildman–Crippen MR) is 98.9 cm³/mol. The summed E-state index contributed by atoms with van der Waals surface area (Å²) in [7, 11) is 0. The first-order valence-corrected chi connectivity index (χ1v) is 9.35. The average Bonchev–Trinajstić information content (AvgIpc) is 2.64. The lowest BCUT2D eigenvalue weighted by Gasteiger charge is -2.46. The lowest BCUT2D eigenvalue weighted by molar-refractivity contribution is 0.0613. The maximum Gasteiger partial charge on any atom is 0.251 e. The lowest BCUT2D eigenvalue weighted by Crippen LogP contribution is -2.50. The topological polar surface area (TPSA) is 45.5 Å². The van der Waals surface area contributed by atoms with Crippen molar-refractivity contribution in [3.05, 3.63) is 70.1 Å². The van der Waals surface area contributed by atoms with Crippen molar-refractivity contribution in [1.82, 2.24) is 9.47 Å². The summed E-state index contributed by atoms with van der Waals surface area (Å²) in [6, 6.07) is 16.1. The van der Waals surface area contributed by atoms with Crippen molar-refractivity contribution in [2.75, 3.05) is 26.2 Å². The zero-order valence-electron chi connectivity index (χ0n) is 14.6. The number of piperidine rings is 1. The molecule has 0 amide bonds. The van der Waals surface area contributed by atoms with E-state index < -0.39 is 0 Å². The summed E-state index contributed by atoms with van der Waals surface area (Å²) in [4.78, 5) is 14.8. The van der Waals surface area contributed by atoms with Crippen LogP contribution in [0.15, 0.2) is 53.3 Å². The van der Waals surface area contributed by atoms with Crippen molar-refractivity contribution < 1.29 is 5.11 Å². The number of rotatable bonds is 5. The molecule has 4 nitrogen and oxygen atoms in total. The second kappa shape index (κ2) is 7.14. The highest BCUT2D eigenvalue weighted by Gasteiger charge is 2.39. The Bertz CT molecular complexity index is 771. The molecule has 0 spiro atoms. The minimum absolute atomic E-state index is 0.0313. The number of pyridine rings is 1. The van der Waals surface area contributed by atoms with Gasteiger partial charge in [0.2, 0.25) is 0 Å². The summed E-state index contributed by atoms with van der Waals surface area (Å²) >= 11 is 0. The van der Waals surface area contributed by atoms with E-state index in [9.17, 15) is 9.90 Å². The van der Waals surface area contributed by atoms with Crippen molar-refractivity contribution >= 4 is 0 Å². The van der Waals surface area contributed by atoms with Gasteiger partial charge < -0.3 is 14.6 Å². The third kappa shape index (κ3) is 3.29. The number of aromatic nitrogens is 1. The van der Waals surface area contributed by atoms with E-state index in [1.807, 2.05) is 10.6 Å². The molecule has 1 fully saturated rings. The Morgan fingerprint density at radius 2 is 1.88 bits per heavy atom. The molecule has 0 aliphatic carbocycles. The zero-order chi connectivity index (χ0) is 17.2. The molecule has 0 radical (unpaired) electrons. The molecule has 1 saturated heterocycles. The van der Waals surface area contributed by atoms with Gasteiger partial charge >= 0.3 is 0 Å². The van der Waals surface area contributed by atoms with Crippen LogP contribution in [-0.2, 0) is 6.42 Å². The Balaban J connectivity index is 1.46. The number of likely N-dealkylation sites (tertiary alicyclic amines) is 1. The van der Waals surface area contributed by atoms with Crippen LogP contribution in [-0.4, -0.2) is 40.8 Å². The van der Waals surface area contributed by atoms with Crippen LogP contribution < -0.4 is 5.56 Å². The van der Waals surface area contributed by atoms with Gasteiger partial charge in [-0.25, -0.2) is 0 Å². The summed E-state index contributed by atoms with van der Waals surface area (Å²) in [5, 5.41) is 9.91. The highest BCUT2D eigenvalue weighted by atomic mass is 16.3. The molecule has 0 unspecified atom stereocenters. The van der Waals surface area contributed by atoms with E-state index >= 15 is 0 Å². The quantitative estimate of drug-likeness (QED) is 0.911. The molecule has 25 heavy (non-hydrogen) atoms. The molecule has 1 aromatic carbocycles. The summed E-state index contributed by atoms with van der Waals surface area (Å²) < 4.78 is 1.86. The van der Waals surface area contributed by atoms with Crippen LogP contribution in [0.25, 0.3) is 0 Å². The standard InChI is InChI=1S/C21H26N2O2/c24-15-20-18-12-17(19-9-4-10-21(25)23(19)20)13-22(14-18)11-5-8-16-6-2-1-3-7-16/h1-4,6-7,9-10,17-18,20,24H,5,8,11-15H2/t17-,18+,20+/m1/s1. The van der Waals surface area contributed by atoms with Gasteiger partial charge in [-0.2, -0.15) is 0 Å². The fourth-order valence-electron chi connectivity index (χ4n) is 4.71. The predicted octanol–water partition coefficient (Wildman–Crippen LogP) is 2.43. The molecule has 1 N–H and O–H groups in total. The van der Waals surface area contributed by atoms with Crippen LogP contribution in [0.2, 0.25) is 0 Å². The highest BCUT2D eigenvalue weighted by Crippen LogP contribution is 2.40. The van der Waals surface area contributed by atoms with Gasteiger partial charge in [-0.05, 0) is 43.4 Å². The number of hydrogen-bond donors (Lipinski definition) is 1. The van der Waals surface area contributed by atoms with Crippen LogP contribution in [0.5, 0.6) is 0 Å². The second-order valence-electron chi connectivity index (χ2n) is 7.45. The Morgan fingerprint density at radius 3 is 2.68 bits per heavy atom. The first-order valence-electron chi connectivity index (χ1n) is 9.35. The molecule has 4 heteroatoms. The maximum absolute atomic E-state index is 12.3. The minimum atomic E-state index is -0.0723. The molecule has 1 aromatic heterocycles. The van der Waals surface area contributed by atoms with Crippen LogP contribution in [0, 0.1) is 5.92 Å². The number of hydrogen-bond acceptors (Lipinski definition) is 3. The molecule has 2 bridgehead atoms. The normalized spacial score (nSPS) is 25.6. The third-order valence-electron chi connectivity index (χ3n) is 5.84. The van der Waals surface area contributed by atoms with E-state index in [0.717, 1.165) is 44.6 Å². The monoisotopic (exact) mass is 338 g/mol. The van der Waals surface area contributed by atoms with E-state index in [1.165, 1.54) is 5.56 Å². The number of aliphatic hydroxyl groups excluding tert-OH is 1. The smallest absolute Gasteiger partial charge is 0.251 e. The minimum Gasteiger partial charge on any atom is -0.394 e. The molecule has 0 saturated carbocycles. The van der Waals surface area contributed by atoms with Crippen LogP contribution in [0.3, 0.4) is 0 Å². The summed E-state index contributed by atoms with van der Waals surface area (Å²) in [5.41, 5.74) is 2.53. The lowest BCUT2D eigenvalue weighted by atomic mass is 9.78. The van der Waals surface area contributed by atoms with E-state index in [0.29, 0.717) is 11.8 Å². The van der Waals surface area contributed by atoms with E-state index in [1.54, 1.807) is 6.07 Å². The zero-order valence-corrected chi connectivity index (χ0v) is 14.6. The molecule has 3 atom stereocenters. The molecule has 4 rings (SSSR count). The van der Waals surface area contributed by atoms with Gasteiger partial charge in [-0.3, -0.25) is 4.79 Å². The third-order valence-corrected chi connectivity index (χ3v) is 5.84. The SMILES string of the molecule is O=c1cccc2n1[C@@H](CO)[C@H]1C[C@@H]2CN(CCCc2ccccc2)C1. The van der Waals surface area contributed by atoms with Crippen LogP contribution in [0.1, 0.15) is 36.1 Å². The fraction of sp³-hybridized carbons (Fsp3) is 0.476. The van der Waals surface area contributed by atoms with Crippen molar-refractivity contribution in [2.45, 2.75) is 31.2 Å². The summed E-state index contributed by atoms with van der Waals surface area (Å²) in [6.45, 7) is 3.13. The molecule has 132 valence electrons. The van der Waals surface area contributed by atoms with Crippen LogP contribution >= 0.6 is 0 Å². The molecule has 3 heterocycles. The van der Waals surface area contributed by atoms with E-state index in [4.69, 9.17) is 0 Å². The number of nitrogens with zero attached hydrogens (tertiary/aromatic N) is 2. The molecule has 2 aliphatic rings. The highest BCUT2D eigenvalue weighted by molar-refractivity contribution is 5.19. The van der Waals surface area contributed by atoms with Crippen molar-refractivity contribution in [2.24, 2.45) is 5.92 Å². The van der Waals surface area contributed by atoms with Crippen LogP contribution in [0.4, 0.5) is 0 Å². The van der Waals surface area contributed by atoms with Gasteiger partial charge in [0, 0.05) is 30.8 Å². The van der Waals surface area contributed by atoms with E-state index in [2.05, 4.69) is 41.3 Å². The molecule has 2 aromatic rings. The number of benzene rings is 1. The Labute approximate surface area is 148 Å². The molecular formula is C21H26N2O2. The Morgan fingerprint density at radius 1 is 1.04 bits per heavy atom. The Kier molecular flexibility index (Phi) is 4.73. The first-order chi connectivity index (χ1) is 12.3. The van der Waals surface area contributed by atoms with Gasteiger partial charge in [-0.1, -0.05) is 36.4 Å². The molecular weight excluding hydrogens is 312 g/mol. The fourth-order valence-corrected chi connectivity index (χ4v) is 4.71. The van der Waals surface area contributed by atoms with Gasteiger partial charge in [-0.15, -0.1) is 0 Å². The largest absolute Gasteiger partial charge is 0.394 e. The van der Waals surface area contributed by atoms with Crippen molar-refractivity contribution in [3.8, 4) is 0 Å². The molecule has 2 aliphatic heterocycles. The van der Waals surface area contributed by atoms with Gasteiger partial charge in [0.25, 0.3) is 5.56 Å². The first kappa shape index (κ1) is 16.6. The average molecular weight is 338 g/mol. The number of aliphatic hydroxyl groups is 1.